The largest absolute Gasteiger partial charge is 0.448 e. The molecule has 1 atom stereocenters. The van der Waals surface area contributed by atoms with Crippen LogP contribution in [-0.2, 0) is 27.7 Å². The van der Waals surface area contributed by atoms with E-state index in [1.807, 2.05) is 23.9 Å². The molecule has 0 aliphatic carbocycles. The summed E-state index contributed by atoms with van der Waals surface area (Å²) < 4.78 is 12.3. The van der Waals surface area contributed by atoms with Crippen LogP contribution in [0.25, 0.3) is 22.3 Å². The predicted octanol–water partition coefficient (Wildman–Crippen LogP) is 2.52. The standard InChI is InChI=1S/C19H18ClN5O3S/c1-22-8-10(21-9-22)14-13-15(23(2)19(27)24(3)18(13)26)16-17(29-7-6-25(14)16)11-4-5-12(20)28-11/h4-5,8-9,17H,6-7H2,1-3H3. The molecule has 0 radical (unpaired) electrons. The molecule has 29 heavy (non-hydrogen) atoms. The molecule has 10 heteroatoms. The molecule has 0 spiro atoms. The third-order valence-electron chi connectivity index (χ3n) is 5.35. The van der Waals surface area contributed by atoms with Gasteiger partial charge in [0.05, 0.1) is 28.6 Å². The maximum Gasteiger partial charge on any atom is 0.331 e. The third kappa shape index (κ3) is 2.57. The molecule has 0 bridgehead atoms. The molecule has 5 rings (SSSR count). The van der Waals surface area contributed by atoms with E-state index in [-0.39, 0.29) is 16.5 Å². The first-order chi connectivity index (χ1) is 13.9. The maximum atomic E-state index is 13.2. The van der Waals surface area contributed by atoms with Gasteiger partial charge in [0.15, 0.2) is 5.22 Å². The summed E-state index contributed by atoms with van der Waals surface area (Å²) >= 11 is 7.73. The number of aromatic nitrogens is 5. The Morgan fingerprint density at radius 2 is 2.00 bits per heavy atom. The van der Waals surface area contributed by atoms with E-state index < -0.39 is 0 Å². The fourth-order valence-electron chi connectivity index (χ4n) is 4.07. The van der Waals surface area contributed by atoms with Gasteiger partial charge in [0, 0.05) is 39.6 Å². The van der Waals surface area contributed by atoms with Crippen LogP contribution >= 0.6 is 23.4 Å². The van der Waals surface area contributed by atoms with Crippen molar-refractivity contribution in [3.8, 4) is 11.4 Å². The van der Waals surface area contributed by atoms with Gasteiger partial charge in [0.2, 0.25) is 0 Å². The van der Waals surface area contributed by atoms with E-state index in [1.54, 1.807) is 35.8 Å². The molecule has 1 unspecified atom stereocenters. The van der Waals surface area contributed by atoms with Gasteiger partial charge in [-0.1, -0.05) is 0 Å². The van der Waals surface area contributed by atoms with Gasteiger partial charge in [-0.15, -0.1) is 11.8 Å². The average molecular weight is 432 g/mol. The van der Waals surface area contributed by atoms with Crippen LogP contribution in [0.4, 0.5) is 0 Å². The lowest BCUT2D eigenvalue weighted by Crippen LogP contribution is -2.37. The zero-order chi connectivity index (χ0) is 20.4. The SMILES string of the molecule is Cn1cnc(-c2c3c(=O)n(C)c(=O)n(C)c3c3n2CCSC3c2ccc(Cl)o2)c1. The van der Waals surface area contributed by atoms with Gasteiger partial charge in [-0.05, 0) is 23.7 Å². The van der Waals surface area contributed by atoms with Gasteiger partial charge in [0.25, 0.3) is 5.56 Å². The van der Waals surface area contributed by atoms with Crippen molar-refractivity contribution in [3.05, 3.63) is 62.2 Å². The molecule has 5 heterocycles. The number of imidazole rings is 1. The summed E-state index contributed by atoms with van der Waals surface area (Å²) in [5.41, 5.74) is 2.21. The van der Waals surface area contributed by atoms with Crippen molar-refractivity contribution < 1.29 is 4.42 Å². The van der Waals surface area contributed by atoms with Crippen molar-refractivity contribution in [2.45, 2.75) is 11.8 Å². The summed E-state index contributed by atoms with van der Waals surface area (Å²) in [4.78, 5) is 30.4. The molecular weight excluding hydrogens is 414 g/mol. The van der Waals surface area contributed by atoms with Gasteiger partial charge >= 0.3 is 5.69 Å². The normalized spacial score (nSPS) is 16.5. The lowest BCUT2D eigenvalue weighted by atomic mass is 10.2. The summed E-state index contributed by atoms with van der Waals surface area (Å²) in [6.45, 7) is 0.697. The number of aryl methyl sites for hydroxylation is 2. The van der Waals surface area contributed by atoms with Crippen LogP contribution in [0.2, 0.25) is 5.22 Å². The molecule has 150 valence electrons. The zero-order valence-corrected chi connectivity index (χ0v) is 17.6. The van der Waals surface area contributed by atoms with Gasteiger partial charge in [-0.2, -0.15) is 0 Å². The number of nitrogens with zero attached hydrogens (tertiary/aromatic N) is 5. The van der Waals surface area contributed by atoms with E-state index >= 15 is 0 Å². The number of hydrogen-bond donors (Lipinski definition) is 0. The van der Waals surface area contributed by atoms with E-state index in [4.69, 9.17) is 16.0 Å². The second-order valence-electron chi connectivity index (χ2n) is 7.13. The van der Waals surface area contributed by atoms with Crippen molar-refractivity contribution >= 4 is 34.3 Å². The third-order valence-corrected chi connectivity index (χ3v) is 6.76. The fraction of sp³-hybridized carbons (Fsp3) is 0.316. The molecule has 1 aliphatic rings. The van der Waals surface area contributed by atoms with Crippen LogP contribution in [0.1, 0.15) is 16.7 Å². The van der Waals surface area contributed by atoms with Crippen molar-refractivity contribution in [1.82, 2.24) is 23.3 Å². The number of fused-ring (bicyclic) bond motifs is 3. The Hall–Kier alpha value is -2.65. The fourth-order valence-corrected chi connectivity index (χ4v) is 5.43. The lowest BCUT2D eigenvalue weighted by molar-refractivity contribution is 0.511. The number of hydrogen-bond acceptors (Lipinski definition) is 5. The zero-order valence-electron chi connectivity index (χ0n) is 16.0. The van der Waals surface area contributed by atoms with E-state index in [9.17, 15) is 9.59 Å². The van der Waals surface area contributed by atoms with Crippen molar-refractivity contribution in [2.75, 3.05) is 5.75 Å². The second-order valence-corrected chi connectivity index (χ2v) is 8.72. The summed E-state index contributed by atoms with van der Waals surface area (Å²) in [5, 5.41) is 0.616. The summed E-state index contributed by atoms with van der Waals surface area (Å²) in [6, 6.07) is 3.55. The molecule has 0 saturated carbocycles. The molecule has 0 aromatic carbocycles. The first-order valence-corrected chi connectivity index (χ1v) is 10.5. The quantitative estimate of drug-likeness (QED) is 0.487. The Morgan fingerprint density at radius 1 is 1.21 bits per heavy atom. The Labute approximate surface area is 174 Å². The Bertz CT molecular complexity index is 1390. The molecule has 0 fully saturated rings. The molecule has 0 saturated heterocycles. The molecule has 0 amide bonds. The first-order valence-electron chi connectivity index (χ1n) is 9.05. The number of furan rings is 1. The highest BCUT2D eigenvalue weighted by atomic mass is 35.5. The molecule has 4 aromatic rings. The van der Waals surface area contributed by atoms with Gasteiger partial charge in [-0.25, -0.2) is 9.78 Å². The highest BCUT2D eigenvalue weighted by Crippen LogP contribution is 2.46. The minimum Gasteiger partial charge on any atom is -0.448 e. The summed E-state index contributed by atoms with van der Waals surface area (Å²) in [7, 11) is 5.08. The van der Waals surface area contributed by atoms with Crippen LogP contribution in [0.15, 0.2) is 38.7 Å². The van der Waals surface area contributed by atoms with Crippen molar-refractivity contribution in [1.29, 1.82) is 0 Å². The van der Waals surface area contributed by atoms with Crippen LogP contribution in [0, 0.1) is 0 Å². The number of halogens is 1. The highest BCUT2D eigenvalue weighted by Gasteiger charge is 2.34. The Balaban J connectivity index is 1.96. The van der Waals surface area contributed by atoms with Gasteiger partial charge in [0.1, 0.15) is 16.7 Å². The Kier molecular flexibility index (Phi) is 4.08. The van der Waals surface area contributed by atoms with Crippen LogP contribution < -0.4 is 11.2 Å². The molecule has 8 nitrogen and oxygen atoms in total. The Morgan fingerprint density at radius 3 is 2.66 bits per heavy atom. The minimum atomic E-state index is -0.365. The van der Waals surface area contributed by atoms with Crippen LogP contribution in [-0.4, -0.2) is 29.0 Å². The second kappa shape index (κ2) is 6.43. The van der Waals surface area contributed by atoms with Crippen LogP contribution in [0.5, 0.6) is 0 Å². The van der Waals surface area contributed by atoms with E-state index in [1.165, 1.54) is 7.05 Å². The molecule has 0 N–H and O–H groups in total. The number of thioether (sulfide) groups is 1. The number of rotatable bonds is 2. The highest BCUT2D eigenvalue weighted by molar-refractivity contribution is 7.99. The van der Waals surface area contributed by atoms with Gasteiger partial charge in [-0.3, -0.25) is 13.9 Å². The topological polar surface area (TPSA) is 79.9 Å². The molecule has 4 aromatic heterocycles. The van der Waals surface area contributed by atoms with Crippen LogP contribution in [0.3, 0.4) is 0 Å². The molecular formula is C19H18ClN5O3S. The minimum absolute atomic E-state index is 0.186. The predicted molar refractivity (Wildman–Crippen MR) is 113 cm³/mol. The maximum absolute atomic E-state index is 13.2. The smallest absolute Gasteiger partial charge is 0.331 e. The first kappa shape index (κ1) is 18.4. The van der Waals surface area contributed by atoms with Crippen molar-refractivity contribution in [2.24, 2.45) is 21.1 Å². The molecule has 1 aliphatic heterocycles. The van der Waals surface area contributed by atoms with E-state index in [0.29, 0.717) is 34.1 Å². The van der Waals surface area contributed by atoms with E-state index in [2.05, 4.69) is 9.55 Å². The van der Waals surface area contributed by atoms with Gasteiger partial charge < -0.3 is 13.6 Å². The monoisotopic (exact) mass is 431 g/mol. The van der Waals surface area contributed by atoms with Crippen molar-refractivity contribution in [3.63, 3.8) is 0 Å². The summed E-state index contributed by atoms with van der Waals surface area (Å²) in [5.74, 6) is 1.52. The average Bonchev–Trinajstić information content (AvgIpc) is 3.41. The summed E-state index contributed by atoms with van der Waals surface area (Å²) in [6.07, 6.45) is 3.59. The van der Waals surface area contributed by atoms with E-state index in [0.717, 1.165) is 21.7 Å². The lowest BCUT2D eigenvalue weighted by Gasteiger charge is -2.24.